The number of hydrogen-bond acceptors (Lipinski definition) is 8. The SMILES string of the molecule is C=C(OCC)c1cnc(Nc2cc(C)c(N3CCC4(CC3)CN(C)C4)cc2OC)nc1Nc1ccc2ccccc2c1P(C)C. The summed E-state index contributed by atoms with van der Waals surface area (Å²) >= 11 is 0. The largest absolute Gasteiger partial charge is 0.494 e. The Labute approximate surface area is 268 Å². The molecule has 3 aromatic carbocycles. The van der Waals surface area contributed by atoms with Crippen LogP contribution in [0, 0.1) is 12.3 Å². The molecule has 0 atom stereocenters. The number of methoxy groups -OCH3 is 1. The van der Waals surface area contributed by atoms with Gasteiger partial charge in [-0.25, -0.2) is 4.98 Å². The normalized spacial score (nSPS) is 16.1. The Morgan fingerprint density at radius 3 is 2.49 bits per heavy atom. The molecule has 2 N–H and O–H groups in total. The average Bonchev–Trinajstić information content (AvgIpc) is 3.01. The Bertz CT molecular complexity index is 1710. The zero-order chi connectivity index (χ0) is 31.7. The maximum absolute atomic E-state index is 5.90. The van der Waals surface area contributed by atoms with Gasteiger partial charge in [0.25, 0.3) is 0 Å². The Morgan fingerprint density at radius 1 is 1.04 bits per heavy atom. The van der Waals surface area contributed by atoms with Crippen LogP contribution in [0.3, 0.4) is 0 Å². The molecule has 0 unspecified atom stereocenters. The molecule has 3 heterocycles. The van der Waals surface area contributed by atoms with E-state index < -0.39 is 7.92 Å². The first-order chi connectivity index (χ1) is 21.7. The minimum absolute atomic E-state index is 0.414. The highest BCUT2D eigenvalue weighted by Crippen LogP contribution is 2.43. The summed E-state index contributed by atoms with van der Waals surface area (Å²) in [4.78, 5) is 14.6. The van der Waals surface area contributed by atoms with Crippen molar-refractivity contribution in [3.8, 4) is 5.75 Å². The number of benzene rings is 3. The molecule has 1 spiro atoms. The first kappa shape index (κ1) is 31.1. The van der Waals surface area contributed by atoms with E-state index in [2.05, 4.69) is 108 Å². The van der Waals surface area contributed by atoms with Crippen LogP contribution in [-0.2, 0) is 4.74 Å². The number of piperidine rings is 1. The Hall–Kier alpha value is -3.87. The molecule has 4 aromatic rings. The smallest absolute Gasteiger partial charge is 0.229 e. The molecule has 1 aromatic heterocycles. The van der Waals surface area contributed by atoms with Crippen LogP contribution in [0.5, 0.6) is 5.75 Å². The molecular weight excluding hydrogens is 579 g/mol. The summed E-state index contributed by atoms with van der Waals surface area (Å²) in [7, 11) is 3.52. The van der Waals surface area contributed by atoms with Gasteiger partial charge in [-0.1, -0.05) is 44.8 Å². The van der Waals surface area contributed by atoms with Gasteiger partial charge in [0, 0.05) is 55.1 Å². The van der Waals surface area contributed by atoms with Crippen molar-refractivity contribution < 1.29 is 9.47 Å². The van der Waals surface area contributed by atoms with Gasteiger partial charge in [0.05, 0.1) is 25.0 Å². The molecule has 2 saturated heterocycles. The van der Waals surface area contributed by atoms with Gasteiger partial charge >= 0.3 is 0 Å². The van der Waals surface area contributed by atoms with Gasteiger partial charge in [0.1, 0.15) is 17.3 Å². The summed E-state index contributed by atoms with van der Waals surface area (Å²) in [6, 6.07) is 17.1. The molecule has 45 heavy (non-hydrogen) atoms. The topological polar surface area (TPSA) is 74.8 Å². The Morgan fingerprint density at radius 2 is 1.80 bits per heavy atom. The van der Waals surface area contributed by atoms with Crippen molar-refractivity contribution in [3.05, 3.63) is 72.4 Å². The second-order valence-corrected chi connectivity index (χ2v) is 14.9. The fourth-order valence-electron chi connectivity index (χ4n) is 7.00. The molecule has 0 bridgehead atoms. The Balaban J connectivity index is 1.30. The third-order valence-corrected chi connectivity index (χ3v) is 10.5. The van der Waals surface area contributed by atoms with Crippen molar-refractivity contribution in [1.82, 2.24) is 14.9 Å². The van der Waals surface area contributed by atoms with Crippen LogP contribution >= 0.6 is 7.92 Å². The molecule has 0 saturated carbocycles. The zero-order valence-electron chi connectivity index (χ0n) is 27.4. The van der Waals surface area contributed by atoms with Crippen LogP contribution in [0.15, 0.2) is 61.3 Å². The van der Waals surface area contributed by atoms with E-state index in [-0.39, 0.29) is 0 Å². The van der Waals surface area contributed by atoms with Gasteiger partial charge in [-0.05, 0) is 81.0 Å². The summed E-state index contributed by atoms with van der Waals surface area (Å²) in [5.74, 6) is 2.39. The van der Waals surface area contributed by atoms with Gasteiger partial charge < -0.3 is 29.9 Å². The van der Waals surface area contributed by atoms with E-state index in [1.54, 1.807) is 13.3 Å². The highest BCUT2D eigenvalue weighted by atomic mass is 31.1. The number of likely N-dealkylation sites (tertiary alicyclic amines) is 1. The molecule has 2 aliphatic heterocycles. The fraction of sp³-hybridized carbons (Fsp3) is 0.389. The van der Waals surface area contributed by atoms with E-state index in [9.17, 15) is 0 Å². The fourth-order valence-corrected chi connectivity index (χ4v) is 8.30. The lowest BCUT2D eigenvalue weighted by Crippen LogP contribution is -2.58. The van der Waals surface area contributed by atoms with Crippen molar-refractivity contribution in [2.24, 2.45) is 5.41 Å². The lowest BCUT2D eigenvalue weighted by atomic mass is 9.72. The van der Waals surface area contributed by atoms with Crippen molar-refractivity contribution in [1.29, 1.82) is 0 Å². The average molecular weight is 625 g/mol. The van der Waals surface area contributed by atoms with Crippen molar-refractivity contribution >= 4 is 58.6 Å². The molecule has 9 heteroatoms. The van der Waals surface area contributed by atoms with E-state index in [0.29, 0.717) is 29.5 Å². The number of ether oxygens (including phenoxy) is 2. The van der Waals surface area contributed by atoms with E-state index in [4.69, 9.17) is 14.5 Å². The lowest BCUT2D eigenvalue weighted by molar-refractivity contribution is 0.00130. The zero-order valence-corrected chi connectivity index (χ0v) is 28.3. The molecular formula is C36H45N6O2P. The quantitative estimate of drug-likeness (QED) is 0.140. The third kappa shape index (κ3) is 6.31. The Kier molecular flexibility index (Phi) is 8.89. The monoisotopic (exact) mass is 624 g/mol. The summed E-state index contributed by atoms with van der Waals surface area (Å²) in [5, 5.41) is 10.9. The van der Waals surface area contributed by atoms with Gasteiger partial charge in [-0.3, -0.25) is 0 Å². The maximum atomic E-state index is 5.90. The first-order valence-corrected chi connectivity index (χ1v) is 18.0. The standard InChI is InChI=1S/C36H45N6O2P/c1-8-44-25(3)28-21-37-35(40-34(28)38-29-14-13-26-11-9-10-12-27(26)33(29)45(6)7)39-30-19-24(2)31(20-32(30)43-5)42-17-15-36(16-18-42)22-41(4)23-36/h9-14,19-21H,3,8,15-18,22-23H2,1-2,4-7H3,(H2,37,38,39,40). The number of hydrogen-bond donors (Lipinski definition) is 2. The molecule has 8 nitrogen and oxygen atoms in total. The maximum Gasteiger partial charge on any atom is 0.229 e. The number of aromatic nitrogens is 2. The minimum atomic E-state index is -0.414. The first-order valence-electron chi connectivity index (χ1n) is 15.7. The summed E-state index contributed by atoms with van der Waals surface area (Å²) < 4.78 is 11.7. The van der Waals surface area contributed by atoms with Crippen LogP contribution in [0.25, 0.3) is 16.5 Å². The van der Waals surface area contributed by atoms with E-state index in [0.717, 1.165) is 35.8 Å². The van der Waals surface area contributed by atoms with Crippen LogP contribution < -0.4 is 25.6 Å². The number of fused-ring (bicyclic) bond motifs is 1. The predicted octanol–water partition coefficient (Wildman–Crippen LogP) is 7.34. The number of nitrogens with zero attached hydrogens (tertiary/aromatic N) is 4. The van der Waals surface area contributed by atoms with Crippen LogP contribution in [0.1, 0.15) is 30.9 Å². The highest BCUT2D eigenvalue weighted by Gasteiger charge is 2.43. The molecule has 6 rings (SSSR count). The lowest BCUT2D eigenvalue weighted by Gasteiger charge is -2.53. The van der Waals surface area contributed by atoms with Crippen LogP contribution in [-0.4, -0.2) is 75.1 Å². The van der Waals surface area contributed by atoms with Gasteiger partial charge in [-0.15, -0.1) is 0 Å². The number of nitrogens with one attached hydrogen (secondary N) is 2. The van der Waals surface area contributed by atoms with Gasteiger partial charge in [0.15, 0.2) is 0 Å². The van der Waals surface area contributed by atoms with Crippen molar-refractivity contribution in [2.45, 2.75) is 26.7 Å². The molecule has 0 aliphatic carbocycles. The summed E-state index contributed by atoms with van der Waals surface area (Å²) in [6.07, 6.45) is 4.24. The predicted molar refractivity (Wildman–Crippen MR) is 191 cm³/mol. The van der Waals surface area contributed by atoms with E-state index >= 15 is 0 Å². The highest BCUT2D eigenvalue weighted by molar-refractivity contribution is 7.65. The molecule has 2 fully saturated rings. The van der Waals surface area contributed by atoms with E-state index in [1.807, 2.05) is 6.92 Å². The second kappa shape index (κ2) is 12.9. The summed E-state index contributed by atoms with van der Waals surface area (Å²) in [6.45, 7) is 17.9. The van der Waals surface area contributed by atoms with Crippen molar-refractivity contribution in [3.63, 3.8) is 0 Å². The number of rotatable bonds is 10. The third-order valence-electron chi connectivity index (χ3n) is 9.15. The van der Waals surface area contributed by atoms with E-state index in [1.165, 1.54) is 53.3 Å². The minimum Gasteiger partial charge on any atom is -0.494 e. The molecule has 0 radical (unpaired) electrons. The van der Waals surface area contributed by atoms with Gasteiger partial charge in [0.2, 0.25) is 5.95 Å². The summed E-state index contributed by atoms with van der Waals surface area (Å²) in [5.41, 5.74) is 5.50. The molecule has 2 aliphatic rings. The molecule has 0 amide bonds. The van der Waals surface area contributed by atoms with Gasteiger partial charge in [-0.2, -0.15) is 4.98 Å². The number of aryl methyl sites for hydroxylation is 1. The number of anilines is 5. The molecule has 236 valence electrons. The second-order valence-electron chi connectivity index (χ2n) is 12.6. The van der Waals surface area contributed by atoms with Crippen LogP contribution in [0.2, 0.25) is 0 Å². The van der Waals surface area contributed by atoms with Crippen LogP contribution in [0.4, 0.5) is 28.8 Å². The van der Waals surface area contributed by atoms with Crippen molar-refractivity contribution in [2.75, 3.05) is 75.8 Å².